The summed E-state index contributed by atoms with van der Waals surface area (Å²) in [6, 6.07) is 6.38. The molecule has 0 bridgehead atoms. The minimum Gasteiger partial charge on any atom is -0.346 e. The molecule has 1 saturated heterocycles. The molecule has 0 radical (unpaired) electrons. The van der Waals surface area contributed by atoms with Gasteiger partial charge >= 0.3 is 0 Å². The molecule has 1 aliphatic rings. The molecule has 1 amide bonds. The largest absolute Gasteiger partial charge is 0.346 e. The Balaban J connectivity index is 1.78. The van der Waals surface area contributed by atoms with E-state index < -0.39 is 0 Å². The Kier molecular flexibility index (Phi) is 3.49. The van der Waals surface area contributed by atoms with Crippen LogP contribution < -0.4 is 0 Å². The first kappa shape index (κ1) is 14.8. The number of piperidine rings is 1. The van der Waals surface area contributed by atoms with Crippen LogP contribution in [0.15, 0.2) is 30.7 Å². The van der Waals surface area contributed by atoms with Crippen LogP contribution in [0.4, 0.5) is 0 Å². The van der Waals surface area contributed by atoms with Crippen molar-refractivity contribution < 1.29 is 4.79 Å². The van der Waals surface area contributed by atoms with Crippen molar-refractivity contribution >= 4 is 27.8 Å². The first-order valence-corrected chi connectivity index (χ1v) is 8.29. The number of H-pyrrole nitrogens is 1. The zero-order chi connectivity index (χ0) is 16.7. The Bertz CT molecular complexity index is 947. The first-order chi connectivity index (χ1) is 11.7. The van der Waals surface area contributed by atoms with Gasteiger partial charge in [0.1, 0.15) is 12.1 Å². The van der Waals surface area contributed by atoms with Crippen molar-refractivity contribution in [3.8, 4) is 6.07 Å². The highest BCUT2D eigenvalue weighted by Crippen LogP contribution is 2.34. The quantitative estimate of drug-likeness (QED) is 0.788. The van der Waals surface area contributed by atoms with Crippen molar-refractivity contribution in [1.82, 2.24) is 19.4 Å². The van der Waals surface area contributed by atoms with Crippen molar-refractivity contribution in [2.24, 2.45) is 0 Å². The van der Waals surface area contributed by atoms with Crippen LogP contribution in [-0.4, -0.2) is 37.9 Å². The fourth-order valence-electron chi connectivity index (χ4n) is 3.95. The maximum absolute atomic E-state index is 12.2. The monoisotopic (exact) mass is 321 g/mol. The highest BCUT2D eigenvalue weighted by Gasteiger charge is 2.32. The van der Waals surface area contributed by atoms with Gasteiger partial charge in [-0.3, -0.25) is 4.79 Å². The fraction of sp³-hybridized carbons (Fsp3) is 0.389. The van der Waals surface area contributed by atoms with Gasteiger partial charge in [-0.2, -0.15) is 5.26 Å². The molecule has 0 unspecified atom stereocenters. The van der Waals surface area contributed by atoms with Crippen LogP contribution in [0.5, 0.6) is 0 Å². The molecule has 1 fully saturated rings. The second-order valence-electron chi connectivity index (χ2n) is 6.40. The van der Waals surface area contributed by atoms with E-state index in [1.54, 1.807) is 0 Å². The number of amides is 1. The summed E-state index contributed by atoms with van der Waals surface area (Å²) in [5.74, 6) is -0.0698. The SMILES string of the molecule is C[C@@H]1[C@H](n2ccc3cnc4[nH]ccc4c32)CCCN1C(=O)CC#N. The van der Waals surface area contributed by atoms with Crippen LogP contribution in [0.2, 0.25) is 0 Å². The molecule has 0 aliphatic carbocycles. The maximum atomic E-state index is 12.2. The van der Waals surface area contributed by atoms with Crippen molar-refractivity contribution in [2.75, 3.05) is 6.54 Å². The predicted molar refractivity (Wildman–Crippen MR) is 91.3 cm³/mol. The molecule has 6 nitrogen and oxygen atoms in total. The predicted octanol–water partition coefficient (Wildman–Crippen LogP) is 2.98. The third kappa shape index (κ3) is 2.16. The van der Waals surface area contributed by atoms with Crippen LogP contribution in [0.1, 0.15) is 32.2 Å². The van der Waals surface area contributed by atoms with Gasteiger partial charge < -0.3 is 14.5 Å². The lowest BCUT2D eigenvalue weighted by Crippen LogP contribution is -2.47. The van der Waals surface area contributed by atoms with E-state index in [0.717, 1.165) is 41.3 Å². The zero-order valence-corrected chi connectivity index (χ0v) is 13.6. The number of likely N-dealkylation sites (tertiary alicyclic amines) is 1. The van der Waals surface area contributed by atoms with Gasteiger partial charge in [0.25, 0.3) is 0 Å². The zero-order valence-electron chi connectivity index (χ0n) is 13.6. The van der Waals surface area contributed by atoms with Crippen LogP contribution >= 0.6 is 0 Å². The minimum absolute atomic E-state index is 0.0462. The van der Waals surface area contributed by atoms with Crippen LogP contribution in [0, 0.1) is 11.3 Å². The smallest absolute Gasteiger partial charge is 0.237 e. The molecule has 1 N–H and O–H groups in total. The van der Waals surface area contributed by atoms with Gasteiger partial charge in [-0.1, -0.05) is 0 Å². The number of pyridine rings is 1. The Morgan fingerprint density at radius 1 is 1.50 bits per heavy atom. The van der Waals surface area contributed by atoms with Crippen LogP contribution in [-0.2, 0) is 4.79 Å². The standard InChI is InChI=1S/C18H19N5O/c1-12-15(3-2-9-22(12)16(24)4-7-19)23-10-6-13-11-21-18-14(17(13)23)5-8-20-18/h5-6,8,10-12,15H,2-4,9H2,1H3,(H,20,21)/t12-,15-/m1/s1. The molecule has 1 aliphatic heterocycles. The molecule has 3 aromatic rings. The van der Waals surface area contributed by atoms with E-state index in [1.165, 1.54) is 0 Å². The van der Waals surface area contributed by atoms with Crippen LogP contribution in [0.25, 0.3) is 21.9 Å². The third-order valence-electron chi connectivity index (χ3n) is 5.11. The lowest BCUT2D eigenvalue weighted by atomic mass is 9.96. The van der Waals surface area contributed by atoms with Crippen molar-refractivity contribution in [3.05, 3.63) is 30.7 Å². The van der Waals surface area contributed by atoms with Gasteiger partial charge in [0.15, 0.2) is 0 Å². The number of aromatic nitrogens is 3. The molecular weight excluding hydrogens is 302 g/mol. The van der Waals surface area contributed by atoms with Crippen LogP contribution in [0.3, 0.4) is 0 Å². The molecule has 122 valence electrons. The highest BCUT2D eigenvalue weighted by molar-refractivity contribution is 6.02. The molecule has 6 heteroatoms. The Labute approximate surface area is 139 Å². The van der Waals surface area contributed by atoms with E-state index in [0.29, 0.717) is 0 Å². The number of nitrogens with zero attached hydrogens (tertiary/aromatic N) is 4. The van der Waals surface area contributed by atoms with Gasteiger partial charge in [-0.15, -0.1) is 0 Å². The third-order valence-corrected chi connectivity index (χ3v) is 5.11. The van der Waals surface area contributed by atoms with Crippen molar-refractivity contribution in [1.29, 1.82) is 5.26 Å². The summed E-state index contributed by atoms with van der Waals surface area (Å²) < 4.78 is 2.28. The number of hydrogen-bond donors (Lipinski definition) is 1. The summed E-state index contributed by atoms with van der Waals surface area (Å²) in [5.41, 5.74) is 2.04. The molecule has 0 aromatic carbocycles. The normalized spacial score (nSPS) is 21.2. The average molecular weight is 321 g/mol. The number of nitriles is 1. The lowest BCUT2D eigenvalue weighted by molar-refractivity contribution is -0.134. The Hall–Kier alpha value is -2.81. The number of carbonyl (C=O) groups excluding carboxylic acids is 1. The highest BCUT2D eigenvalue weighted by atomic mass is 16.2. The summed E-state index contributed by atoms with van der Waals surface area (Å²) in [4.78, 5) is 21.7. The number of hydrogen-bond acceptors (Lipinski definition) is 3. The number of aromatic amines is 1. The second-order valence-corrected chi connectivity index (χ2v) is 6.40. The van der Waals surface area contributed by atoms with E-state index in [1.807, 2.05) is 29.4 Å². The molecule has 2 atom stereocenters. The summed E-state index contributed by atoms with van der Waals surface area (Å²) >= 11 is 0. The molecule has 3 aromatic heterocycles. The summed E-state index contributed by atoms with van der Waals surface area (Å²) in [5, 5.41) is 11.0. The molecule has 24 heavy (non-hydrogen) atoms. The summed E-state index contributed by atoms with van der Waals surface area (Å²) in [6.45, 7) is 2.82. The number of carbonyl (C=O) groups is 1. The molecule has 4 rings (SSSR count). The second kappa shape index (κ2) is 5.68. The Morgan fingerprint density at radius 3 is 3.21 bits per heavy atom. The van der Waals surface area contributed by atoms with Gasteiger partial charge in [0.2, 0.25) is 5.91 Å². The van der Waals surface area contributed by atoms with Gasteiger partial charge in [0.05, 0.1) is 17.6 Å². The summed E-state index contributed by atoms with van der Waals surface area (Å²) in [6.07, 6.45) is 7.81. The molecule has 0 spiro atoms. The topological polar surface area (TPSA) is 77.7 Å². The van der Waals surface area contributed by atoms with E-state index >= 15 is 0 Å². The van der Waals surface area contributed by atoms with Crippen molar-refractivity contribution in [2.45, 2.75) is 38.3 Å². The van der Waals surface area contributed by atoms with Gasteiger partial charge in [-0.25, -0.2) is 4.98 Å². The first-order valence-electron chi connectivity index (χ1n) is 8.29. The number of fused-ring (bicyclic) bond motifs is 3. The Morgan fingerprint density at radius 2 is 2.38 bits per heavy atom. The average Bonchev–Trinajstić information content (AvgIpc) is 3.21. The van der Waals surface area contributed by atoms with E-state index in [9.17, 15) is 4.79 Å². The fourth-order valence-corrected chi connectivity index (χ4v) is 3.95. The van der Waals surface area contributed by atoms with Gasteiger partial charge in [-0.05, 0) is 31.9 Å². The lowest BCUT2D eigenvalue weighted by Gasteiger charge is -2.40. The maximum Gasteiger partial charge on any atom is 0.237 e. The molecule has 4 heterocycles. The van der Waals surface area contributed by atoms with Crippen molar-refractivity contribution in [3.63, 3.8) is 0 Å². The summed E-state index contributed by atoms with van der Waals surface area (Å²) in [7, 11) is 0. The minimum atomic E-state index is -0.0698. The van der Waals surface area contributed by atoms with E-state index in [4.69, 9.17) is 5.26 Å². The molecular formula is C18H19N5O. The van der Waals surface area contributed by atoms with E-state index in [2.05, 4.69) is 33.7 Å². The van der Waals surface area contributed by atoms with Gasteiger partial charge in [0, 0.05) is 41.9 Å². The van der Waals surface area contributed by atoms with E-state index in [-0.39, 0.29) is 24.4 Å². The molecule has 0 saturated carbocycles. The number of nitrogens with one attached hydrogen (secondary N) is 1. The number of rotatable bonds is 2.